The second-order valence-electron chi connectivity index (χ2n) is 5.77. The van der Waals surface area contributed by atoms with Gasteiger partial charge in [-0.2, -0.15) is 0 Å². The van der Waals surface area contributed by atoms with Crippen molar-refractivity contribution < 1.29 is 4.79 Å². The SMILES string of the molecule is C=C(C)CN1CCN(CC(=O)NCc2ccccc2)CC1. The minimum absolute atomic E-state index is 0.104. The van der Waals surface area contributed by atoms with E-state index in [1.165, 1.54) is 5.57 Å². The molecule has 0 aromatic heterocycles. The lowest BCUT2D eigenvalue weighted by Gasteiger charge is -2.34. The molecule has 0 atom stereocenters. The van der Waals surface area contributed by atoms with Crippen LogP contribution in [0.3, 0.4) is 0 Å². The highest BCUT2D eigenvalue weighted by atomic mass is 16.2. The molecule has 114 valence electrons. The first-order chi connectivity index (χ1) is 10.1. The summed E-state index contributed by atoms with van der Waals surface area (Å²) in [4.78, 5) is 16.6. The number of carbonyl (C=O) groups is 1. The fourth-order valence-corrected chi connectivity index (χ4v) is 2.54. The Kier molecular flexibility index (Phi) is 5.96. The number of nitrogens with zero attached hydrogens (tertiary/aromatic N) is 2. The number of piperazine rings is 1. The molecule has 1 saturated heterocycles. The van der Waals surface area contributed by atoms with Crippen molar-refractivity contribution in [3.63, 3.8) is 0 Å². The van der Waals surface area contributed by atoms with Crippen molar-refractivity contribution in [3.8, 4) is 0 Å². The standard InChI is InChI=1S/C17H25N3O/c1-15(2)13-19-8-10-20(11-9-19)14-17(21)18-12-16-6-4-3-5-7-16/h3-7H,1,8-14H2,2H3,(H,18,21). The molecule has 1 heterocycles. The molecular weight excluding hydrogens is 262 g/mol. The maximum Gasteiger partial charge on any atom is 0.234 e. The van der Waals surface area contributed by atoms with Crippen LogP contribution in [0.25, 0.3) is 0 Å². The number of amides is 1. The Morgan fingerprint density at radius 2 is 1.67 bits per heavy atom. The van der Waals surface area contributed by atoms with Gasteiger partial charge in [-0.05, 0) is 12.5 Å². The van der Waals surface area contributed by atoms with Crippen LogP contribution in [-0.2, 0) is 11.3 Å². The summed E-state index contributed by atoms with van der Waals surface area (Å²) in [6.07, 6.45) is 0. The van der Waals surface area contributed by atoms with Crippen LogP contribution in [-0.4, -0.2) is 55.0 Å². The zero-order valence-electron chi connectivity index (χ0n) is 12.8. The summed E-state index contributed by atoms with van der Waals surface area (Å²) in [6, 6.07) is 10.0. The molecular formula is C17H25N3O. The lowest BCUT2D eigenvalue weighted by atomic mass is 10.2. The van der Waals surface area contributed by atoms with Crippen molar-refractivity contribution in [1.29, 1.82) is 0 Å². The lowest BCUT2D eigenvalue weighted by Crippen LogP contribution is -2.49. The van der Waals surface area contributed by atoms with Gasteiger partial charge in [0.2, 0.25) is 5.91 Å². The first kappa shape index (κ1) is 15.7. The Bertz CT molecular complexity index is 464. The molecule has 0 bridgehead atoms. The van der Waals surface area contributed by atoms with Crippen molar-refractivity contribution in [2.75, 3.05) is 39.3 Å². The third-order valence-corrected chi connectivity index (χ3v) is 3.66. The molecule has 1 amide bonds. The molecule has 4 heteroatoms. The Labute approximate surface area is 127 Å². The van der Waals surface area contributed by atoms with Crippen molar-refractivity contribution in [3.05, 3.63) is 48.0 Å². The second-order valence-corrected chi connectivity index (χ2v) is 5.77. The van der Waals surface area contributed by atoms with E-state index < -0.39 is 0 Å². The number of benzene rings is 1. The zero-order valence-corrected chi connectivity index (χ0v) is 12.8. The molecule has 1 aliphatic rings. The summed E-state index contributed by atoms with van der Waals surface area (Å²) >= 11 is 0. The van der Waals surface area contributed by atoms with E-state index in [0.29, 0.717) is 13.1 Å². The van der Waals surface area contributed by atoms with E-state index in [9.17, 15) is 4.79 Å². The number of hydrogen-bond acceptors (Lipinski definition) is 3. The smallest absolute Gasteiger partial charge is 0.234 e. The third kappa shape index (κ3) is 5.69. The summed E-state index contributed by atoms with van der Waals surface area (Å²) in [7, 11) is 0. The molecule has 0 radical (unpaired) electrons. The van der Waals surface area contributed by atoms with Gasteiger partial charge in [0.1, 0.15) is 0 Å². The highest BCUT2D eigenvalue weighted by Crippen LogP contribution is 2.04. The fraction of sp³-hybridized carbons (Fsp3) is 0.471. The van der Waals surface area contributed by atoms with Gasteiger partial charge >= 0.3 is 0 Å². The molecule has 1 aromatic rings. The van der Waals surface area contributed by atoms with Crippen molar-refractivity contribution in [2.24, 2.45) is 0 Å². The van der Waals surface area contributed by atoms with Gasteiger partial charge in [-0.25, -0.2) is 0 Å². The molecule has 1 fully saturated rings. The predicted molar refractivity (Wildman–Crippen MR) is 86.0 cm³/mol. The van der Waals surface area contributed by atoms with E-state index in [0.717, 1.165) is 38.3 Å². The van der Waals surface area contributed by atoms with E-state index in [2.05, 4.69) is 28.6 Å². The van der Waals surface area contributed by atoms with E-state index in [1.54, 1.807) is 0 Å². The number of hydrogen-bond donors (Lipinski definition) is 1. The average Bonchev–Trinajstić information content (AvgIpc) is 2.48. The lowest BCUT2D eigenvalue weighted by molar-refractivity contribution is -0.122. The Balaban J connectivity index is 1.66. The van der Waals surface area contributed by atoms with Crippen molar-refractivity contribution >= 4 is 5.91 Å². The van der Waals surface area contributed by atoms with Crippen LogP contribution in [0.1, 0.15) is 12.5 Å². The van der Waals surface area contributed by atoms with Gasteiger partial charge < -0.3 is 5.32 Å². The van der Waals surface area contributed by atoms with Gasteiger partial charge in [0.05, 0.1) is 6.54 Å². The van der Waals surface area contributed by atoms with Crippen LogP contribution in [0.2, 0.25) is 0 Å². The summed E-state index contributed by atoms with van der Waals surface area (Å²) in [5, 5.41) is 2.98. The normalized spacial score (nSPS) is 16.6. The maximum absolute atomic E-state index is 12.0. The number of nitrogens with one attached hydrogen (secondary N) is 1. The molecule has 1 aliphatic heterocycles. The maximum atomic E-state index is 12.0. The van der Waals surface area contributed by atoms with Crippen LogP contribution >= 0.6 is 0 Å². The third-order valence-electron chi connectivity index (χ3n) is 3.66. The van der Waals surface area contributed by atoms with Gasteiger partial charge in [0.25, 0.3) is 0 Å². The van der Waals surface area contributed by atoms with E-state index in [-0.39, 0.29) is 5.91 Å². The van der Waals surface area contributed by atoms with Gasteiger partial charge in [-0.15, -0.1) is 0 Å². The molecule has 0 aliphatic carbocycles. The molecule has 0 unspecified atom stereocenters. The molecule has 21 heavy (non-hydrogen) atoms. The first-order valence-corrected chi connectivity index (χ1v) is 7.53. The molecule has 1 aromatic carbocycles. The summed E-state index contributed by atoms with van der Waals surface area (Å²) < 4.78 is 0. The predicted octanol–water partition coefficient (Wildman–Crippen LogP) is 1.50. The summed E-state index contributed by atoms with van der Waals surface area (Å²) in [5.41, 5.74) is 2.33. The molecule has 0 saturated carbocycles. The number of carbonyl (C=O) groups excluding carboxylic acids is 1. The fourth-order valence-electron chi connectivity index (χ4n) is 2.54. The second kappa shape index (κ2) is 7.96. The van der Waals surface area contributed by atoms with Crippen LogP contribution in [0.5, 0.6) is 0 Å². The topological polar surface area (TPSA) is 35.6 Å². The summed E-state index contributed by atoms with van der Waals surface area (Å²) in [5.74, 6) is 0.104. The number of rotatable bonds is 6. The Morgan fingerprint density at radius 3 is 2.24 bits per heavy atom. The molecule has 2 rings (SSSR count). The van der Waals surface area contributed by atoms with Gasteiger partial charge in [-0.1, -0.05) is 42.5 Å². The van der Waals surface area contributed by atoms with Crippen molar-refractivity contribution in [1.82, 2.24) is 15.1 Å². The summed E-state index contributed by atoms with van der Waals surface area (Å²) in [6.45, 7) is 12.0. The molecule has 0 spiro atoms. The van der Waals surface area contributed by atoms with Crippen molar-refractivity contribution in [2.45, 2.75) is 13.5 Å². The minimum Gasteiger partial charge on any atom is -0.351 e. The minimum atomic E-state index is 0.104. The average molecular weight is 287 g/mol. The van der Waals surface area contributed by atoms with Crippen LogP contribution < -0.4 is 5.32 Å². The largest absolute Gasteiger partial charge is 0.351 e. The van der Waals surface area contributed by atoms with E-state index >= 15 is 0 Å². The van der Waals surface area contributed by atoms with Crippen LogP contribution in [0.15, 0.2) is 42.5 Å². The Morgan fingerprint density at radius 1 is 1.10 bits per heavy atom. The van der Waals surface area contributed by atoms with E-state index in [1.807, 2.05) is 30.3 Å². The zero-order chi connectivity index (χ0) is 15.1. The van der Waals surface area contributed by atoms with Gasteiger partial charge in [0, 0.05) is 39.3 Å². The first-order valence-electron chi connectivity index (χ1n) is 7.53. The highest BCUT2D eigenvalue weighted by Gasteiger charge is 2.18. The van der Waals surface area contributed by atoms with Gasteiger partial charge in [-0.3, -0.25) is 14.6 Å². The van der Waals surface area contributed by atoms with E-state index in [4.69, 9.17) is 0 Å². The molecule has 4 nitrogen and oxygen atoms in total. The highest BCUT2D eigenvalue weighted by molar-refractivity contribution is 5.78. The molecule has 1 N–H and O–H groups in total. The monoisotopic (exact) mass is 287 g/mol. The quantitative estimate of drug-likeness (QED) is 0.805. The van der Waals surface area contributed by atoms with Crippen LogP contribution in [0.4, 0.5) is 0 Å². The van der Waals surface area contributed by atoms with Gasteiger partial charge in [0.15, 0.2) is 0 Å². The Hall–Kier alpha value is -1.65. The van der Waals surface area contributed by atoms with Crippen LogP contribution in [0, 0.1) is 0 Å².